The van der Waals surface area contributed by atoms with E-state index in [2.05, 4.69) is 113 Å². The van der Waals surface area contributed by atoms with E-state index < -0.39 is 0 Å². The van der Waals surface area contributed by atoms with Gasteiger partial charge in [0.05, 0.1) is 0 Å². The van der Waals surface area contributed by atoms with E-state index in [1.54, 1.807) is 0 Å². The number of aryl methyl sites for hydroxylation is 4. The standard InChI is InChI=1S/C56H84N2/c1-5-7-9-11-21-25-29-55(53-41-39-51(57)43-45(53)3)49-35-31-47(32-36-49)27-23-19-17-15-13-14-16-18-20-24-28-48-33-37-50(38-34-48)56(30-26-22-12-10-8-6-2)54-42-40-52(58)44-46(54)4/h31-44,55-56H,5-30,57-58H2,1-4H3. The van der Waals surface area contributed by atoms with E-state index in [9.17, 15) is 0 Å². The summed E-state index contributed by atoms with van der Waals surface area (Å²) in [4.78, 5) is 0. The molecule has 0 heterocycles. The minimum atomic E-state index is 0.460. The Balaban J connectivity index is 1.08. The Morgan fingerprint density at radius 2 is 0.672 bits per heavy atom. The van der Waals surface area contributed by atoms with Gasteiger partial charge in [0.25, 0.3) is 0 Å². The van der Waals surface area contributed by atoms with Gasteiger partial charge in [0, 0.05) is 23.2 Å². The van der Waals surface area contributed by atoms with Crippen molar-refractivity contribution < 1.29 is 0 Å². The van der Waals surface area contributed by atoms with Gasteiger partial charge < -0.3 is 11.5 Å². The molecule has 4 aromatic carbocycles. The van der Waals surface area contributed by atoms with Crippen LogP contribution in [-0.2, 0) is 12.8 Å². The molecule has 0 aromatic heterocycles. The van der Waals surface area contributed by atoms with Gasteiger partial charge in [0.1, 0.15) is 0 Å². The van der Waals surface area contributed by atoms with Gasteiger partial charge in [-0.1, -0.05) is 203 Å². The molecular weight excluding hydrogens is 701 g/mol. The van der Waals surface area contributed by atoms with Gasteiger partial charge in [0.15, 0.2) is 0 Å². The maximum atomic E-state index is 6.13. The summed E-state index contributed by atoms with van der Waals surface area (Å²) in [6.45, 7) is 9.05. The summed E-state index contributed by atoms with van der Waals surface area (Å²) in [5.41, 5.74) is 25.5. The highest BCUT2D eigenvalue weighted by molar-refractivity contribution is 5.49. The number of nitrogens with two attached hydrogens (primary N) is 2. The Bertz CT molecular complexity index is 1530. The van der Waals surface area contributed by atoms with Gasteiger partial charge >= 0.3 is 0 Å². The van der Waals surface area contributed by atoms with Crippen molar-refractivity contribution >= 4 is 11.4 Å². The highest BCUT2D eigenvalue weighted by Gasteiger charge is 2.18. The zero-order valence-corrected chi connectivity index (χ0v) is 37.8. The van der Waals surface area contributed by atoms with E-state index in [-0.39, 0.29) is 0 Å². The van der Waals surface area contributed by atoms with Crippen LogP contribution in [0.4, 0.5) is 11.4 Å². The molecule has 2 heteroatoms. The zero-order valence-electron chi connectivity index (χ0n) is 37.8. The van der Waals surface area contributed by atoms with Crippen molar-refractivity contribution in [1.82, 2.24) is 0 Å². The minimum Gasteiger partial charge on any atom is -0.399 e. The number of unbranched alkanes of at least 4 members (excludes halogenated alkanes) is 19. The lowest BCUT2D eigenvalue weighted by atomic mass is 9.84. The molecule has 0 aliphatic heterocycles. The number of nitrogen functional groups attached to an aromatic ring is 2. The monoisotopic (exact) mass is 785 g/mol. The molecule has 0 fully saturated rings. The third kappa shape index (κ3) is 17.4. The fourth-order valence-corrected chi connectivity index (χ4v) is 9.35. The zero-order chi connectivity index (χ0) is 41.2. The van der Waals surface area contributed by atoms with E-state index in [0.29, 0.717) is 11.8 Å². The lowest BCUT2D eigenvalue weighted by Gasteiger charge is -2.21. The fraction of sp³-hybridized carbons (Fsp3) is 0.571. The molecule has 0 spiro atoms. The van der Waals surface area contributed by atoms with Crippen LogP contribution in [0.5, 0.6) is 0 Å². The first-order valence-electron chi connectivity index (χ1n) is 24.3. The predicted octanol–water partition coefficient (Wildman–Crippen LogP) is 16.9. The van der Waals surface area contributed by atoms with Gasteiger partial charge in [-0.3, -0.25) is 0 Å². The second kappa shape index (κ2) is 28.0. The molecule has 0 saturated heterocycles. The number of anilines is 2. The Morgan fingerprint density at radius 3 is 1.00 bits per heavy atom. The fourth-order valence-electron chi connectivity index (χ4n) is 9.35. The number of benzene rings is 4. The summed E-state index contributed by atoms with van der Waals surface area (Å²) in [6.07, 6.45) is 34.6. The third-order valence-electron chi connectivity index (χ3n) is 13.0. The van der Waals surface area contributed by atoms with Gasteiger partial charge in [-0.25, -0.2) is 0 Å². The first-order chi connectivity index (χ1) is 28.4. The maximum absolute atomic E-state index is 6.13. The maximum Gasteiger partial charge on any atom is 0.0316 e. The van der Waals surface area contributed by atoms with Crippen LogP contribution in [0.15, 0.2) is 84.9 Å². The molecule has 58 heavy (non-hydrogen) atoms. The topological polar surface area (TPSA) is 52.0 Å². The molecule has 0 bridgehead atoms. The first kappa shape index (κ1) is 47.2. The Morgan fingerprint density at radius 1 is 0.362 bits per heavy atom. The number of rotatable bonds is 31. The normalized spacial score (nSPS) is 12.6. The SMILES string of the molecule is CCCCCCCCC(c1ccc(CCCCCCCCCCCCc2ccc(C(CCCCCCCC)c3ccc(N)cc3C)cc2)cc1)c1ccc(N)cc1C. The molecule has 0 aliphatic rings. The van der Waals surface area contributed by atoms with Crippen molar-refractivity contribution in [2.75, 3.05) is 11.5 Å². The molecule has 2 nitrogen and oxygen atoms in total. The minimum absolute atomic E-state index is 0.460. The van der Waals surface area contributed by atoms with Crippen LogP contribution in [0.3, 0.4) is 0 Å². The van der Waals surface area contributed by atoms with E-state index >= 15 is 0 Å². The van der Waals surface area contributed by atoms with Crippen LogP contribution in [0, 0.1) is 13.8 Å². The van der Waals surface area contributed by atoms with E-state index in [1.165, 1.54) is 211 Å². The molecule has 2 unspecified atom stereocenters. The van der Waals surface area contributed by atoms with E-state index in [0.717, 1.165) is 11.4 Å². The number of hydrogen-bond donors (Lipinski definition) is 2. The van der Waals surface area contributed by atoms with Crippen molar-refractivity contribution in [3.63, 3.8) is 0 Å². The Kier molecular flexibility index (Phi) is 22.8. The van der Waals surface area contributed by atoms with Crippen LogP contribution in [0.1, 0.15) is 224 Å². The molecule has 0 saturated carbocycles. The van der Waals surface area contributed by atoms with Crippen LogP contribution in [-0.4, -0.2) is 0 Å². The molecule has 0 radical (unpaired) electrons. The molecular formula is C56H84N2. The average molecular weight is 785 g/mol. The summed E-state index contributed by atoms with van der Waals surface area (Å²) >= 11 is 0. The average Bonchev–Trinajstić information content (AvgIpc) is 3.22. The quantitative estimate of drug-likeness (QED) is 0.0394. The van der Waals surface area contributed by atoms with Gasteiger partial charge in [0.2, 0.25) is 0 Å². The molecule has 4 rings (SSSR count). The highest BCUT2D eigenvalue weighted by atomic mass is 14.5. The lowest BCUT2D eigenvalue weighted by Crippen LogP contribution is -2.05. The molecule has 4 aromatic rings. The van der Waals surface area contributed by atoms with Crippen molar-refractivity contribution in [2.24, 2.45) is 0 Å². The summed E-state index contributed by atoms with van der Waals surface area (Å²) in [5, 5.41) is 0. The smallest absolute Gasteiger partial charge is 0.0316 e. The summed E-state index contributed by atoms with van der Waals surface area (Å²) in [5.74, 6) is 0.921. The molecule has 4 N–H and O–H groups in total. The Hall–Kier alpha value is -3.52. The van der Waals surface area contributed by atoms with Crippen LogP contribution < -0.4 is 11.5 Å². The first-order valence-corrected chi connectivity index (χ1v) is 24.3. The van der Waals surface area contributed by atoms with Crippen molar-refractivity contribution in [2.45, 2.75) is 206 Å². The highest BCUT2D eigenvalue weighted by Crippen LogP contribution is 2.35. The van der Waals surface area contributed by atoms with E-state index in [1.807, 2.05) is 0 Å². The van der Waals surface area contributed by atoms with Crippen molar-refractivity contribution in [3.8, 4) is 0 Å². The van der Waals surface area contributed by atoms with Crippen molar-refractivity contribution in [3.05, 3.63) is 129 Å². The van der Waals surface area contributed by atoms with Crippen molar-refractivity contribution in [1.29, 1.82) is 0 Å². The van der Waals surface area contributed by atoms with Gasteiger partial charge in [-0.15, -0.1) is 0 Å². The van der Waals surface area contributed by atoms with Crippen LogP contribution in [0.2, 0.25) is 0 Å². The summed E-state index contributed by atoms with van der Waals surface area (Å²) in [7, 11) is 0. The molecule has 0 aliphatic carbocycles. The predicted molar refractivity (Wildman–Crippen MR) is 257 cm³/mol. The largest absolute Gasteiger partial charge is 0.399 e. The van der Waals surface area contributed by atoms with Crippen LogP contribution >= 0.6 is 0 Å². The second-order valence-electron chi connectivity index (χ2n) is 18.0. The lowest BCUT2D eigenvalue weighted by molar-refractivity contribution is 0.551. The number of hydrogen-bond acceptors (Lipinski definition) is 2. The summed E-state index contributed by atoms with van der Waals surface area (Å²) < 4.78 is 0. The second-order valence-corrected chi connectivity index (χ2v) is 18.0. The van der Waals surface area contributed by atoms with Gasteiger partial charge in [-0.2, -0.15) is 0 Å². The molecule has 2 atom stereocenters. The molecule has 318 valence electrons. The molecule has 0 amide bonds. The van der Waals surface area contributed by atoms with E-state index in [4.69, 9.17) is 11.5 Å². The van der Waals surface area contributed by atoms with Crippen LogP contribution in [0.25, 0.3) is 0 Å². The van der Waals surface area contributed by atoms with Gasteiger partial charge in [-0.05, 0) is 121 Å². The third-order valence-corrected chi connectivity index (χ3v) is 13.0. The Labute approximate surface area is 357 Å². The summed E-state index contributed by atoms with van der Waals surface area (Å²) in [6, 6.07) is 32.3.